The van der Waals surface area contributed by atoms with E-state index in [1.807, 2.05) is 23.9 Å². The van der Waals surface area contributed by atoms with Crippen molar-refractivity contribution in [2.75, 3.05) is 17.3 Å². The third-order valence-electron chi connectivity index (χ3n) is 2.65. The second-order valence-corrected chi connectivity index (χ2v) is 5.99. The van der Waals surface area contributed by atoms with E-state index in [1.54, 1.807) is 0 Å². The predicted octanol–water partition coefficient (Wildman–Crippen LogP) is 5.04. The fourth-order valence-electron chi connectivity index (χ4n) is 1.73. The first-order valence-corrected chi connectivity index (χ1v) is 8.45. The van der Waals surface area contributed by atoms with Crippen LogP contribution in [0.25, 0.3) is 0 Å². The summed E-state index contributed by atoms with van der Waals surface area (Å²) in [4.78, 5) is 0. The standard InChI is InChI=1S/C13H18BrClS/c1-16-8-4-5-11(10-14)9-12-6-2-3-7-13(12)15/h2-3,6-7,11H,4-5,8-10H2,1H3. The number of rotatable bonds is 7. The number of benzene rings is 1. The molecule has 90 valence electrons. The first kappa shape index (κ1) is 14.4. The van der Waals surface area contributed by atoms with Crippen molar-refractivity contribution < 1.29 is 0 Å². The van der Waals surface area contributed by atoms with Crippen LogP contribution in [0.5, 0.6) is 0 Å². The molecule has 1 atom stereocenters. The summed E-state index contributed by atoms with van der Waals surface area (Å²) >= 11 is 11.7. The predicted molar refractivity (Wildman–Crippen MR) is 80.1 cm³/mol. The van der Waals surface area contributed by atoms with Gasteiger partial charge in [-0.1, -0.05) is 45.7 Å². The molecule has 0 saturated carbocycles. The van der Waals surface area contributed by atoms with Crippen molar-refractivity contribution in [3.05, 3.63) is 34.9 Å². The Bertz CT molecular complexity index is 304. The lowest BCUT2D eigenvalue weighted by molar-refractivity contribution is 0.537. The number of hydrogen-bond donors (Lipinski definition) is 0. The topological polar surface area (TPSA) is 0 Å². The first-order chi connectivity index (χ1) is 7.77. The van der Waals surface area contributed by atoms with Crippen molar-refractivity contribution in [1.29, 1.82) is 0 Å². The second-order valence-electron chi connectivity index (χ2n) is 3.95. The lowest BCUT2D eigenvalue weighted by atomic mass is 9.97. The third kappa shape index (κ3) is 5.11. The molecule has 0 spiro atoms. The minimum atomic E-state index is 0.701. The number of alkyl halides is 1. The molecule has 1 aromatic carbocycles. The maximum absolute atomic E-state index is 6.17. The van der Waals surface area contributed by atoms with E-state index in [4.69, 9.17) is 11.6 Å². The summed E-state index contributed by atoms with van der Waals surface area (Å²) in [6.45, 7) is 0. The third-order valence-corrected chi connectivity index (χ3v) is 4.63. The van der Waals surface area contributed by atoms with Crippen LogP contribution >= 0.6 is 39.3 Å². The van der Waals surface area contributed by atoms with Crippen LogP contribution in [0.4, 0.5) is 0 Å². The van der Waals surface area contributed by atoms with E-state index in [0.29, 0.717) is 5.92 Å². The highest BCUT2D eigenvalue weighted by molar-refractivity contribution is 9.09. The van der Waals surface area contributed by atoms with Gasteiger partial charge in [0.25, 0.3) is 0 Å². The van der Waals surface area contributed by atoms with Gasteiger partial charge in [-0.25, -0.2) is 0 Å². The van der Waals surface area contributed by atoms with E-state index in [1.165, 1.54) is 24.2 Å². The molecule has 3 heteroatoms. The Morgan fingerprint density at radius 2 is 2.12 bits per heavy atom. The van der Waals surface area contributed by atoms with Gasteiger partial charge in [-0.05, 0) is 48.8 Å². The van der Waals surface area contributed by atoms with Crippen molar-refractivity contribution in [2.45, 2.75) is 19.3 Å². The Hall–Kier alpha value is 0.340. The summed E-state index contributed by atoms with van der Waals surface area (Å²) in [7, 11) is 0. The minimum Gasteiger partial charge on any atom is -0.165 e. The van der Waals surface area contributed by atoms with Crippen molar-refractivity contribution in [2.24, 2.45) is 5.92 Å². The van der Waals surface area contributed by atoms with Crippen LogP contribution in [0.3, 0.4) is 0 Å². The van der Waals surface area contributed by atoms with Crippen molar-refractivity contribution in [3.8, 4) is 0 Å². The Kier molecular flexibility index (Phi) is 7.59. The summed E-state index contributed by atoms with van der Waals surface area (Å²) in [5.41, 5.74) is 1.28. The van der Waals surface area contributed by atoms with E-state index in [2.05, 4.69) is 34.3 Å². The van der Waals surface area contributed by atoms with Gasteiger partial charge in [-0.15, -0.1) is 0 Å². The fourth-order valence-corrected chi connectivity index (χ4v) is 2.95. The number of hydrogen-bond acceptors (Lipinski definition) is 1. The van der Waals surface area contributed by atoms with Gasteiger partial charge in [0.05, 0.1) is 0 Å². The lowest BCUT2D eigenvalue weighted by Crippen LogP contribution is -2.07. The maximum Gasteiger partial charge on any atom is 0.0438 e. The van der Waals surface area contributed by atoms with Gasteiger partial charge in [0, 0.05) is 10.4 Å². The van der Waals surface area contributed by atoms with Gasteiger partial charge >= 0.3 is 0 Å². The minimum absolute atomic E-state index is 0.701. The van der Waals surface area contributed by atoms with Gasteiger partial charge in [-0.2, -0.15) is 11.8 Å². The Morgan fingerprint density at radius 1 is 1.38 bits per heavy atom. The smallest absolute Gasteiger partial charge is 0.0438 e. The highest BCUT2D eigenvalue weighted by atomic mass is 79.9. The molecule has 1 rings (SSSR count). The molecule has 16 heavy (non-hydrogen) atoms. The van der Waals surface area contributed by atoms with Crippen LogP contribution in [0, 0.1) is 5.92 Å². The van der Waals surface area contributed by atoms with Crippen molar-refractivity contribution in [1.82, 2.24) is 0 Å². The monoisotopic (exact) mass is 320 g/mol. The molecule has 0 fully saturated rings. The van der Waals surface area contributed by atoms with E-state index in [0.717, 1.165) is 16.8 Å². The van der Waals surface area contributed by atoms with Crippen LogP contribution in [-0.2, 0) is 6.42 Å². The van der Waals surface area contributed by atoms with E-state index < -0.39 is 0 Å². The largest absolute Gasteiger partial charge is 0.165 e. The first-order valence-electron chi connectivity index (χ1n) is 5.56. The molecule has 0 aliphatic rings. The van der Waals surface area contributed by atoms with Crippen molar-refractivity contribution >= 4 is 39.3 Å². The molecule has 0 N–H and O–H groups in total. The average molecular weight is 322 g/mol. The maximum atomic E-state index is 6.17. The van der Waals surface area contributed by atoms with Crippen molar-refractivity contribution in [3.63, 3.8) is 0 Å². The SMILES string of the molecule is CSCCCC(CBr)Cc1ccccc1Cl. The zero-order chi connectivity index (χ0) is 11.8. The lowest BCUT2D eigenvalue weighted by Gasteiger charge is -2.14. The highest BCUT2D eigenvalue weighted by Gasteiger charge is 2.09. The summed E-state index contributed by atoms with van der Waals surface area (Å²) in [6.07, 6.45) is 5.82. The molecule has 0 nitrogen and oxygen atoms in total. The molecule has 0 amide bonds. The second kappa shape index (κ2) is 8.43. The summed E-state index contributed by atoms with van der Waals surface area (Å²) < 4.78 is 0. The zero-order valence-electron chi connectivity index (χ0n) is 9.59. The van der Waals surface area contributed by atoms with Crippen LogP contribution in [0.1, 0.15) is 18.4 Å². The van der Waals surface area contributed by atoms with Crippen LogP contribution in [0.15, 0.2) is 24.3 Å². The summed E-state index contributed by atoms with van der Waals surface area (Å²) in [5.74, 6) is 1.96. The molecule has 1 aromatic rings. The molecule has 0 radical (unpaired) electrons. The highest BCUT2D eigenvalue weighted by Crippen LogP contribution is 2.22. The molecular weight excluding hydrogens is 304 g/mol. The average Bonchev–Trinajstić information content (AvgIpc) is 2.30. The Labute approximate surface area is 116 Å². The zero-order valence-corrected chi connectivity index (χ0v) is 12.7. The van der Waals surface area contributed by atoms with Crippen LogP contribution < -0.4 is 0 Å². The van der Waals surface area contributed by atoms with Crippen LogP contribution in [-0.4, -0.2) is 17.3 Å². The number of halogens is 2. The summed E-state index contributed by atoms with van der Waals surface area (Å²) in [5, 5.41) is 1.96. The normalized spacial score (nSPS) is 12.7. The number of thioether (sulfide) groups is 1. The molecular formula is C13H18BrClS. The van der Waals surface area contributed by atoms with Gasteiger partial charge in [-0.3, -0.25) is 0 Å². The quantitative estimate of drug-likeness (QED) is 0.501. The summed E-state index contributed by atoms with van der Waals surface area (Å²) in [6, 6.07) is 8.16. The molecule has 0 bridgehead atoms. The molecule has 0 saturated heterocycles. The van der Waals surface area contributed by atoms with Crippen LogP contribution in [0.2, 0.25) is 5.02 Å². The molecule has 0 aromatic heterocycles. The fraction of sp³-hybridized carbons (Fsp3) is 0.538. The Balaban J connectivity index is 2.46. The van der Waals surface area contributed by atoms with E-state index in [9.17, 15) is 0 Å². The molecule has 0 heterocycles. The molecule has 0 aliphatic heterocycles. The molecule has 1 unspecified atom stereocenters. The van der Waals surface area contributed by atoms with E-state index in [-0.39, 0.29) is 0 Å². The van der Waals surface area contributed by atoms with Gasteiger partial charge in [0.15, 0.2) is 0 Å². The van der Waals surface area contributed by atoms with E-state index >= 15 is 0 Å². The van der Waals surface area contributed by atoms with Gasteiger partial charge in [0.1, 0.15) is 0 Å². The van der Waals surface area contributed by atoms with Gasteiger partial charge < -0.3 is 0 Å². The van der Waals surface area contributed by atoms with Gasteiger partial charge in [0.2, 0.25) is 0 Å². The molecule has 0 aliphatic carbocycles. The Morgan fingerprint density at radius 3 is 2.75 bits per heavy atom.